The molecule has 7 nitrogen and oxygen atoms in total. The molecule has 0 spiro atoms. The zero-order valence-corrected chi connectivity index (χ0v) is 8.83. The smallest absolute Gasteiger partial charge is 0.394 e. The van der Waals surface area contributed by atoms with Crippen LogP contribution in [0.25, 0.3) is 0 Å². The van der Waals surface area contributed by atoms with Gasteiger partial charge in [0.2, 0.25) is 0 Å². The Morgan fingerprint density at radius 1 is 1.17 bits per heavy atom. The van der Waals surface area contributed by atoms with Crippen molar-refractivity contribution in [3.63, 3.8) is 0 Å². The zero-order valence-electron chi connectivity index (χ0n) is 8.83. The van der Waals surface area contributed by atoms with Crippen molar-refractivity contribution in [1.29, 1.82) is 0 Å². The Morgan fingerprint density at radius 2 is 1.72 bits per heavy atom. The van der Waals surface area contributed by atoms with Crippen LogP contribution in [-0.4, -0.2) is 69.8 Å². The minimum Gasteiger partial charge on any atom is -0.394 e. The molecule has 5 atom stereocenters. The molecule has 0 aromatic carbocycles. The monoisotopic (exact) mass is 275 g/mol. The molecule has 0 bridgehead atoms. The van der Waals surface area contributed by atoms with Gasteiger partial charge in [-0.1, -0.05) is 0 Å². The first-order valence-corrected chi connectivity index (χ1v) is 4.86. The molecule has 1 heterocycles. The number of carbonyl (C=O) groups is 1. The van der Waals surface area contributed by atoms with Gasteiger partial charge in [0, 0.05) is 0 Å². The van der Waals surface area contributed by atoms with Crippen molar-refractivity contribution in [1.82, 2.24) is 5.32 Å². The normalized spacial score (nSPS) is 37.4. The Kier molecular flexibility index (Phi) is 4.50. The second-order valence-corrected chi connectivity index (χ2v) is 3.72. The maximum atomic E-state index is 12.0. The predicted octanol–water partition coefficient (Wildman–Crippen LogP) is -2.54. The van der Waals surface area contributed by atoms with Gasteiger partial charge >= 0.3 is 12.1 Å². The van der Waals surface area contributed by atoms with Crippen LogP contribution in [0.15, 0.2) is 0 Å². The van der Waals surface area contributed by atoms with Crippen molar-refractivity contribution in [2.24, 2.45) is 0 Å². The number of aliphatic hydroxyl groups excluding tert-OH is 4. The van der Waals surface area contributed by atoms with Gasteiger partial charge in [0.05, 0.1) is 6.61 Å². The van der Waals surface area contributed by atoms with E-state index in [9.17, 15) is 33.3 Å². The largest absolute Gasteiger partial charge is 0.471 e. The summed E-state index contributed by atoms with van der Waals surface area (Å²) in [5.41, 5.74) is 0. The highest BCUT2D eigenvalue weighted by molar-refractivity contribution is 5.81. The molecule has 1 aliphatic heterocycles. The van der Waals surface area contributed by atoms with Gasteiger partial charge in [-0.2, -0.15) is 13.2 Å². The third kappa shape index (κ3) is 3.09. The summed E-state index contributed by atoms with van der Waals surface area (Å²) in [6.07, 6.45) is -14.0. The van der Waals surface area contributed by atoms with Crippen molar-refractivity contribution in [3.05, 3.63) is 0 Å². The second-order valence-electron chi connectivity index (χ2n) is 3.72. The Labute approximate surface area is 98.8 Å². The van der Waals surface area contributed by atoms with Crippen molar-refractivity contribution in [2.45, 2.75) is 36.8 Å². The lowest BCUT2D eigenvalue weighted by Gasteiger charge is -2.40. The topological polar surface area (TPSA) is 119 Å². The summed E-state index contributed by atoms with van der Waals surface area (Å²) in [4.78, 5) is 10.6. The highest BCUT2D eigenvalue weighted by Gasteiger charge is 2.47. The van der Waals surface area contributed by atoms with Crippen LogP contribution >= 0.6 is 0 Å². The molecule has 0 aliphatic carbocycles. The molecule has 1 saturated heterocycles. The number of hydrogen-bond acceptors (Lipinski definition) is 6. The number of carbonyl (C=O) groups excluding carboxylic acids is 1. The fourth-order valence-corrected chi connectivity index (χ4v) is 1.43. The number of rotatable bonds is 2. The van der Waals surface area contributed by atoms with E-state index in [1.165, 1.54) is 5.32 Å². The van der Waals surface area contributed by atoms with Gasteiger partial charge in [0.25, 0.3) is 0 Å². The molecular weight excluding hydrogens is 263 g/mol. The summed E-state index contributed by atoms with van der Waals surface area (Å²) in [5, 5.41) is 38.0. The highest BCUT2D eigenvalue weighted by Crippen LogP contribution is 2.21. The minimum atomic E-state index is -5.18. The molecular formula is C8H12F3NO6. The van der Waals surface area contributed by atoms with E-state index in [1.807, 2.05) is 0 Å². The first-order valence-electron chi connectivity index (χ1n) is 4.86. The second kappa shape index (κ2) is 5.36. The van der Waals surface area contributed by atoms with Crippen LogP contribution in [0.5, 0.6) is 0 Å². The number of aliphatic hydroxyl groups is 4. The number of halogens is 3. The van der Waals surface area contributed by atoms with Crippen LogP contribution in [0.1, 0.15) is 0 Å². The van der Waals surface area contributed by atoms with Gasteiger partial charge in [-0.05, 0) is 0 Å². The maximum absolute atomic E-state index is 12.0. The van der Waals surface area contributed by atoms with Crippen molar-refractivity contribution >= 4 is 5.91 Å². The molecule has 18 heavy (non-hydrogen) atoms. The lowest BCUT2D eigenvalue weighted by molar-refractivity contribution is -0.240. The average Bonchev–Trinajstić information content (AvgIpc) is 2.28. The van der Waals surface area contributed by atoms with E-state index in [1.54, 1.807) is 0 Å². The van der Waals surface area contributed by atoms with Gasteiger partial charge in [-0.15, -0.1) is 0 Å². The summed E-state index contributed by atoms with van der Waals surface area (Å²) >= 11 is 0. The van der Waals surface area contributed by atoms with E-state index in [0.717, 1.165) is 0 Å². The molecule has 1 fully saturated rings. The lowest BCUT2D eigenvalue weighted by Crippen LogP contribution is -2.64. The molecule has 1 amide bonds. The Morgan fingerprint density at radius 3 is 2.17 bits per heavy atom. The first-order chi connectivity index (χ1) is 8.18. The van der Waals surface area contributed by atoms with E-state index in [-0.39, 0.29) is 0 Å². The van der Waals surface area contributed by atoms with Crippen LogP contribution in [0.4, 0.5) is 13.2 Å². The van der Waals surface area contributed by atoms with Crippen LogP contribution in [0.3, 0.4) is 0 Å². The molecule has 0 aromatic rings. The van der Waals surface area contributed by atoms with Crippen molar-refractivity contribution in [2.75, 3.05) is 6.61 Å². The van der Waals surface area contributed by atoms with E-state index < -0.39 is 49.3 Å². The number of hydrogen-bond donors (Lipinski definition) is 5. The standard InChI is InChI=1S/C8H12F3NO6/c9-8(10,11)7(17)12-6-5(16)4(15)3(14)2(1-13)18-6/h2-6,13-16H,1H2,(H,12,17)/t2-,3+,4-,5-,6+/m0/s1. The molecule has 0 unspecified atom stereocenters. The Bertz CT molecular complexity index is 310. The molecule has 0 aromatic heterocycles. The van der Waals surface area contributed by atoms with Crippen molar-refractivity contribution in [3.8, 4) is 0 Å². The summed E-state index contributed by atoms with van der Waals surface area (Å²) in [7, 11) is 0. The highest BCUT2D eigenvalue weighted by atomic mass is 19.4. The SMILES string of the molecule is O=C(N[C@@H]1O[C@@H](CO)[C@@H](O)[C@H](O)[C@@H]1O)C(F)(F)F. The quantitative estimate of drug-likeness (QED) is 0.379. The lowest BCUT2D eigenvalue weighted by atomic mass is 9.98. The molecule has 1 aliphatic rings. The Hall–Kier alpha value is -0.940. The molecule has 106 valence electrons. The number of alkyl halides is 3. The molecule has 0 radical (unpaired) electrons. The minimum absolute atomic E-state index is 0.802. The van der Waals surface area contributed by atoms with E-state index >= 15 is 0 Å². The van der Waals surface area contributed by atoms with Gasteiger partial charge < -0.3 is 30.5 Å². The van der Waals surface area contributed by atoms with E-state index in [4.69, 9.17) is 5.11 Å². The van der Waals surface area contributed by atoms with Crippen LogP contribution in [0, 0.1) is 0 Å². The van der Waals surface area contributed by atoms with E-state index in [2.05, 4.69) is 4.74 Å². The predicted molar refractivity (Wildman–Crippen MR) is 48.0 cm³/mol. The maximum Gasteiger partial charge on any atom is 0.471 e. The zero-order chi connectivity index (χ0) is 14.1. The number of nitrogens with one attached hydrogen (secondary N) is 1. The van der Waals surface area contributed by atoms with Crippen LogP contribution in [-0.2, 0) is 9.53 Å². The van der Waals surface area contributed by atoms with Gasteiger partial charge in [-0.3, -0.25) is 4.79 Å². The average molecular weight is 275 g/mol. The molecule has 10 heteroatoms. The fraction of sp³-hybridized carbons (Fsp3) is 0.875. The van der Waals surface area contributed by atoms with Crippen LogP contribution < -0.4 is 5.32 Å². The third-order valence-electron chi connectivity index (χ3n) is 2.42. The Balaban J connectivity index is 2.74. The summed E-state index contributed by atoms with van der Waals surface area (Å²) in [6.45, 7) is -0.802. The van der Waals surface area contributed by atoms with Crippen LogP contribution in [0.2, 0.25) is 0 Å². The molecule has 0 saturated carbocycles. The third-order valence-corrected chi connectivity index (χ3v) is 2.42. The number of ether oxygens (including phenoxy) is 1. The van der Waals surface area contributed by atoms with Gasteiger partial charge in [-0.25, -0.2) is 0 Å². The summed E-state index contributed by atoms with van der Waals surface area (Å²) < 4.78 is 40.6. The summed E-state index contributed by atoms with van der Waals surface area (Å²) in [6, 6.07) is 0. The molecule has 5 N–H and O–H groups in total. The summed E-state index contributed by atoms with van der Waals surface area (Å²) in [5.74, 6) is -2.37. The number of amides is 1. The van der Waals surface area contributed by atoms with Gasteiger partial charge in [0.15, 0.2) is 6.23 Å². The fourth-order valence-electron chi connectivity index (χ4n) is 1.43. The molecule has 1 rings (SSSR count). The van der Waals surface area contributed by atoms with E-state index in [0.29, 0.717) is 0 Å². The van der Waals surface area contributed by atoms with Gasteiger partial charge in [0.1, 0.15) is 24.4 Å². The van der Waals surface area contributed by atoms with Crippen molar-refractivity contribution < 1.29 is 43.1 Å². The first kappa shape index (κ1) is 15.1.